The van der Waals surface area contributed by atoms with Gasteiger partial charge in [0.15, 0.2) is 0 Å². The molecule has 5 heteroatoms. The molecule has 0 radical (unpaired) electrons. The average Bonchev–Trinajstić information content (AvgIpc) is 2.93. The van der Waals surface area contributed by atoms with Crippen molar-refractivity contribution in [2.45, 2.75) is 39.7 Å². The zero-order valence-corrected chi connectivity index (χ0v) is 14.9. The van der Waals surface area contributed by atoms with Crippen LogP contribution in [0.3, 0.4) is 0 Å². The maximum atomic E-state index is 4.49. The number of thiophene rings is 1. The van der Waals surface area contributed by atoms with Crippen LogP contribution >= 0.6 is 27.3 Å². The van der Waals surface area contributed by atoms with Crippen molar-refractivity contribution in [1.82, 2.24) is 15.1 Å². The fourth-order valence-electron chi connectivity index (χ4n) is 2.33. The molecule has 0 amide bonds. The Morgan fingerprint density at radius 3 is 2.65 bits per heavy atom. The maximum Gasteiger partial charge on any atom is 0.0738 e. The van der Waals surface area contributed by atoms with Gasteiger partial charge in [0.1, 0.15) is 0 Å². The van der Waals surface area contributed by atoms with Gasteiger partial charge >= 0.3 is 0 Å². The van der Waals surface area contributed by atoms with Crippen LogP contribution in [0.15, 0.2) is 16.6 Å². The van der Waals surface area contributed by atoms with Gasteiger partial charge in [-0.1, -0.05) is 6.92 Å². The Balaban J connectivity index is 2.23. The highest BCUT2D eigenvalue weighted by Crippen LogP contribution is 2.29. The first-order valence-corrected chi connectivity index (χ1v) is 8.61. The molecule has 0 saturated heterocycles. The van der Waals surface area contributed by atoms with Crippen LogP contribution in [0.2, 0.25) is 0 Å². The normalized spacial score (nSPS) is 12.8. The highest BCUT2D eigenvalue weighted by atomic mass is 79.9. The minimum absolute atomic E-state index is 0.361. The van der Waals surface area contributed by atoms with Crippen LogP contribution in [0.25, 0.3) is 0 Å². The molecule has 2 aromatic rings. The molecule has 1 atom stereocenters. The molecule has 2 aromatic heterocycles. The van der Waals surface area contributed by atoms with Gasteiger partial charge in [-0.3, -0.25) is 4.68 Å². The Morgan fingerprint density at radius 2 is 2.15 bits per heavy atom. The van der Waals surface area contributed by atoms with Crippen LogP contribution in [-0.2, 0) is 13.5 Å². The van der Waals surface area contributed by atoms with Crippen molar-refractivity contribution in [3.63, 3.8) is 0 Å². The molecule has 0 aliphatic rings. The van der Waals surface area contributed by atoms with E-state index in [0.717, 1.165) is 29.6 Å². The van der Waals surface area contributed by atoms with Crippen molar-refractivity contribution < 1.29 is 0 Å². The lowest BCUT2D eigenvalue weighted by molar-refractivity contribution is 0.518. The smallest absolute Gasteiger partial charge is 0.0738 e. The lowest BCUT2D eigenvalue weighted by atomic mass is 10.1. The fourth-order valence-corrected chi connectivity index (χ4v) is 3.78. The molecule has 0 bridgehead atoms. The van der Waals surface area contributed by atoms with E-state index in [9.17, 15) is 0 Å². The molecule has 0 spiro atoms. The second-order valence-corrected chi connectivity index (χ2v) is 7.24. The Kier molecular flexibility index (Phi) is 5.41. The highest BCUT2D eigenvalue weighted by molar-refractivity contribution is 9.10. The van der Waals surface area contributed by atoms with E-state index < -0.39 is 0 Å². The quantitative estimate of drug-likeness (QED) is 0.843. The van der Waals surface area contributed by atoms with Gasteiger partial charge in [-0.2, -0.15) is 5.10 Å². The lowest BCUT2D eigenvalue weighted by Gasteiger charge is -2.17. The SMILES string of the molecule is CCCNC(Cc1c(Br)c(C)nn1C)c1ccc(C)s1. The Labute approximate surface area is 133 Å². The average molecular weight is 356 g/mol. The summed E-state index contributed by atoms with van der Waals surface area (Å²) in [6.07, 6.45) is 2.10. The first-order valence-electron chi connectivity index (χ1n) is 7.00. The van der Waals surface area contributed by atoms with E-state index >= 15 is 0 Å². The minimum Gasteiger partial charge on any atom is -0.309 e. The molecular formula is C15H22BrN3S. The van der Waals surface area contributed by atoms with E-state index in [2.05, 4.69) is 52.3 Å². The zero-order chi connectivity index (χ0) is 14.7. The van der Waals surface area contributed by atoms with Crippen molar-refractivity contribution in [1.29, 1.82) is 0 Å². The van der Waals surface area contributed by atoms with Crippen LogP contribution in [0.1, 0.15) is 40.5 Å². The van der Waals surface area contributed by atoms with Gasteiger partial charge in [-0.15, -0.1) is 11.3 Å². The van der Waals surface area contributed by atoms with Crippen molar-refractivity contribution >= 4 is 27.3 Å². The molecule has 2 rings (SSSR count). The van der Waals surface area contributed by atoms with Gasteiger partial charge in [-0.25, -0.2) is 0 Å². The number of rotatable bonds is 6. The van der Waals surface area contributed by atoms with Crippen molar-refractivity contribution in [2.24, 2.45) is 7.05 Å². The summed E-state index contributed by atoms with van der Waals surface area (Å²) >= 11 is 5.54. The Hall–Kier alpha value is -0.650. The van der Waals surface area contributed by atoms with Crippen LogP contribution in [0, 0.1) is 13.8 Å². The number of hydrogen-bond donors (Lipinski definition) is 1. The molecule has 0 aliphatic carbocycles. The van der Waals surface area contributed by atoms with Crippen LogP contribution in [0.4, 0.5) is 0 Å². The predicted octanol–water partition coefficient (Wildman–Crippen LogP) is 4.14. The van der Waals surface area contributed by atoms with E-state index in [1.165, 1.54) is 15.4 Å². The number of halogens is 1. The summed E-state index contributed by atoms with van der Waals surface area (Å²) in [6.45, 7) is 7.44. The van der Waals surface area contributed by atoms with Crippen molar-refractivity contribution in [3.05, 3.63) is 37.7 Å². The number of nitrogens with one attached hydrogen (secondary N) is 1. The summed E-state index contributed by atoms with van der Waals surface area (Å²) < 4.78 is 3.12. The van der Waals surface area contributed by atoms with E-state index in [1.54, 1.807) is 0 Å². The summed E-state index contributed by atoms with van der Waals surface area (Å²) in [7, 11) is 2.02. The summed E-state index contributed by atoms with van der Waals surface area (Å²) in [5.41, 5.74) is 2.31. The van der Waals surface area contributed by atoms with Crippen molar-refractivity contribution in [3.8, 4) is 0 Å². The third-order valence-corrected chi connectivity index (χ3v) is 5.55. The number of hydrogen-bond acceptors (Lipinski definition) is 3. The third-order valence-electron chi connectivity index (χ3n) is 3.40. The molecule has 0 aromatic carbocycles. The summed E-state index contributed by atoms with van der Waals surface area (Å²) in [4.78, 5) is 2.77. The molecule has 110 valence electrons. The largest absolute Gasteiger partial charge is 0.309 e. The Morgan fingerprint density at radius 1 is 1.40 bits per heavy atom. The van der Waals surface area contributed by atoms with E-state index in [1.807, 2.05) is 30.0 Å². The van der Waals surface area contributed by atoms with Gasteiger partial charge in [0, 0.05) is 29.3 Å². The Bertz CT molecular complexity index is 574. The topological polar surface area (TPSA) is 29.9 Å². The summed E-state index contributed by atoms with van der Waals surface area (Å²) in [5, 5.41) is 8.15. The molecular weight excluding hydrogens is 334 g/mol. The molecule has 0 saturated carbocycles. The van der Waals surface area contributed by atoms with Gasteiger partial charge < -0.3 is 5.32 Å². The molecule has 2 heterocycles. The number of nitrogens with zero attached hydrogens (tertiary/aromatic N) is 2. The molecule has 3 nitrogen and oxygen atoms in total. The monoisotopic (exact) mass is 355 g/mol. The van der Waals surface area contributed by atoms with Crippen LogP contribution in [-0.4, -0.2) is 16.3 Å². The maximum absolute atomic E-state index is 4.49. The van der Waals surface area contributed by atoms with E-state index in [0.29, 0.717) is 6.04 Å². The second-order valence-electron chi connectivity index (χ2n) is 5.13. The van der Waals surface area contributed by atoms with Gasteiger partial charge in [0.25, 0.3) is 0 Å². The first-order chi connectivity index (χ1) is 9.52. The van der Waals surface area contributed by atoms with Crippen LogP contribution < -0.4 is 5.32 Å². The molecule has 1 unspecified atom stereocenters. The van der Waals surface area contributed by atoms with Crippen molar-refractivity contribution in [2.75, 3.05) is 6.54 Å². The predicted molar refractivity (Wildman–Crippen MR) is 89.4 cm³/mol. The van der Waals surface area contributed by atoms with Crippen LogP contribution in [0.5, 0.6) is 0 Å². The van der Waals surface area contributed by atoms with E-state index in [-0.39, 0.29) is 0 Å². The van der Waals surface area contributed by atoms with E-state index in [4.69, 9.17) is 0 Å². The fraction of sp³-hybridized carbons (Fsp3) is 0.533. The first kappa shape index (κ1) is 15.7. The van der Waals surface area contributed by atoms with Gasteiger partial charge in [-0.05, 0) is 54.9 Å². The summed E-state index contributed by atoms with van der Waals surface area (Å²) in [6, 6.07) is 4.80. The minimum atomic E-state index is 0.361. The number of aromatic nitrogens is 2. The molecule has 1 N–H and O–H groups in total. The standard InChI is InChI=1S/C15H22BrN3S/c1-5-8-17-12(14-7-6-10(2)20-14)9-13-15(16)11(3)18-19(13)4/h6-7,12,17H,5,8-9H2,1-4H3. The third kappa shape index (κ3) is 3.51. The lowest BCUT2D eigenvalue weighted by Crippen LogP contribution is -2.24. The van der Waals surface area contributed by atoms with Gasteiger partial charge in [0.05, 0.1) is 15.9 Å². The summed E-state index contributed by atoms with van der Waals surface area (Å²) in [5.74, 6) is 0. The molecule has 20 heavy (non-hydrogen) atoms. The zero-order valence-electron chi connectivity index (χ0n) is 12.5. The number of aryl methyl sites for hydroxylation is 3. The molecule has 0 aliphatic heterocycles. The molecule has 0 fully saturated rings. The highest BCUT2D eigenvalue weighted by Gasteiger charge is 2.19. The second kappa shape index (κ2) is 6.87. The van der Waals surface area contributed by atoms with Gasteiger partial charge in [0.2, 0.25) is 0 Å².